The molecule has 0 spiro atoms. The highest BCUT2D eigenvalue weighted by molar-refractivity contribution is 5.80. The van der Waals surface area contributed by atoms with Crippen molar-refractivity contribution in [1.82, 2.24) is 4.90 Å². The summed E-state index contributed by atoms with van der Waals surface area (Å²) in [6, 6.07) is 8.03. The normalized spacial score (nSPS) is 16.8. The third-order valence-corrected chi connectivity index (χ3v) is 4.26. The number of methoxy groups -OCH3 is 2. The third kappa shape index (κ3) is 4.53. The smallest absolute Gasteiger partial charge is 0.496 e. The summed E-state index contributed by atoms with van der Waals surface area (Å²) in [5.41, 5.74) is 0.732. The van der Waals surface area contributed by atoms with Crippen LogP contribution in [0.3, 0.4) is 0 Å². The van der Waals surface area contributed by atoms with Gasteiger partial charge in [0, 0.05) is 6.54 Å². The van der Waals surface area contributed by atoms with Gasteiger partial charge in [-0.2, -0.15) is 0 Å². The first kappa shape index (κ1) is 20.7. The molecule has 2 aromatic carbocycles. The highest BCUT2D eigenvalue weighted by atomic mass is 19.4. The lowest BCUT2D eigenvalue weighted by molar-refractivity contribution is -0.275. The summed E-state index contributed by atoms with van der Waals surface area (Å²) in [4.78, 5) is 13.7. The number of hydrogen-bond donors (Lipinski definition) is 0. The molecule has 1 fully saturated rings. The summed E-state index contributed by atoms with van der Waals surface area (Å²) in [6.45, 7) is -0.322. The molecule has 0 aliphatic carbocycles. The van der Waals surface area contributed by atoms with Gasteiger partial charge < -0.3 is 23.8 Å². The second kappa shape index (κ2) is 8.16. The highest BCUT2D eigenvalue weighted by Gasteiger charge is 2.37. The lowest BCUT2D eigenvalue weighted by Gasteiger charge is -2.26. The maximum Gasteiger partial charge on any atom is 0.573 e. The summed E-state index contributed by atoms with van der Waals surface area (Å²) < 4.78 is 70.8. The molecular formula is C19H17F4NO5. The topological polar surface area (TPSA) is 57.2 Å². The van der Waals surface area contributed by atoms with Crippen LogP contribution in [-0.2, 0) is 16.1 Å². The fraction of sp³-hybridized carbons (Fsp3) is 0.316. The number of rotatable bonds is 6. The molecule has 0 N–H and O–H groups in total. The van der Waals surface area contributed by atoms with Gasteiger partial charge in [-0.15, -0.1) is 13.2 Å². The van der Waals surface area contributed by atoms with Crippen molar-refractivity contribution in [2.45, 2.75) is 19.1 Å². The van der Waals surface area contributed by atoms with Gasteiger partial charge in [0.25, 0.3) is 5.91 Å². The molecular weight excluding hydrogens is 398 g/mol. The van der Waals surface area contributed by atoms with E-state index in [0.717, 1.165) is 12.1 Å². The number of ether oxygens (including phenoxy) is 4. The van der Waals surface area contributed by atoms with Gasteiger partial charge in [0.15, 0.2) is 17.8 Å². The van der Waals surface area contributed by atoms with E-state index in [1.165, 1.54) is 25.2 Å². The molecule has 29 heavy (non-hydrogen) atoms. The van der Waals surface area contributed by atoms with E-state index in [0.29, 0.717) is 17.1 Å². The van der Waals surface area contributed by atoms with Crippen LogP contribution in [0.4, 0.5) is 17.6 Å². The van der Waals surface area contributed by atoms with Crippen LogP contribution in [0.15, 0.2) is 36.4 Å². The molecule has 1 amide bonds. The van der Waals surface area contributed by atoms with Gasteiger partial charge in [-0.3, -0.25) is 4.79 Å². The van der Waals surface area contributed by atoms with E-state index in [4.69, 9.17) is 14.2 Å². The van der Waals surface area contributed by atoms with Gasteiger partial charge >= 0.3 is 6.36 Å². The Kier molecular flexibility index (Phi) is 5.83. The Balaban J connectivity index is 1.89. The van der Waals surface area contributed by atoms with Crippen LogP contribution in [0, 0.1) is 5.82 Å². The molecule has 0 aromatic heterocycles. The number of carbonyl (C=O) groups excluding carboxylic acids is 1. The Bertz CT molecular complexity index is 880. The molecule has 1 aliphatic heterocycles. The number of benzene rings is 2. The summed E-state index contributed by atoms with van der Waals surface area (Å²) in [7, 11) is 2.91. The third-order valence-electron chi connectivity index (χ3n) is 4.26. The van der Waals surface area contributed by atoms with E-state index in [1.807, 2.05) is 0 Å². The summed E-state index contributed by atoms with van der Waals surface area (Å²) in [6.07, 6.45) is -5.88. The largest absolute Gasteiger partial charge is 0.573 e. The second-order valence-corrected chi connectivity index (χ2v) is 6.07. The number of hydrogen-bond acceptors (Lipinski definition) is 5. The summed E-state index contributed by atoms with van der Waals surface area (Å²) >= 11 is 0. The fourth-order valence-corrected chi connectivity index (χ4v) is 3.03. The molecule has 1 aliphatic rings. The van der Waals surface area contributed by atoms with E-state index < -0.39 is 24.2 Å². The van der Waals surface area contributed by atoms with Crippen LogP contribution in [-0.4, -0.2) is 38.0 Å². The minimum Gasteiger partial charge on any atom is -0.496 e. The maximum atomic E-state index is 14.0. The summed E-state index contributed by atoms with van der Waals surface area (Å²) in [5.74, 6) is -1.67. The van der Waals surface area contributed by atoms with E-state index in [2.05, 4.69) is 4.74 Å². The average molecular weight is 415 g/mol. The molecule has 1 saturated heterocycles. The van der Waals surface area contributed by atoms with Crippen molar-refractivity contribution in [2.24, 2.45) is 0 Å². The first-order valence-corrected chi connectivity index (χ1v) is 8.39. The monoisotopic (exact) mass is 415 g/mol. The van der Waals surface area contributed by atoms with Gasteiger partial charge in [-0.1, -0.05) is 12.1 Å². The molecule has 1 atom stereocenters. The van der Waals surface area contributed by atoms with Gasteiger partial charge in [0.2, 0.25) is 0 Å². The Morgan fingerprint density at radius 1 is 1.10 bits per heavy atom. The SMILES string of the molecule is COc1cccc(OC)c1C1OCC(=O)N1Cc1ccc(OC(F)(F)F)c(F)c1. The predicted octanol–water partition coefficient (Wildman–Crippen LogP) is 3.80. The molecule has 0 saturated carbocycles. The first-order valence-electron chi connectivity index (χ1n) is 8.39. The molecule has 1 unspecified atom stereocenters. The molecule has 0 bridgehead atoms. The Labute approximate surface area is 163 Å². The van der Waals surface area contributed by atoms with Crippen molar-refractivity contribution in [1.29, 1.82) is 0 Å². The minimum atomic E-state index is -5.01. The van der Waals surface area contributed by atoms with Crippen molar-refractivity contribution >= 4 is 5.91 Å². The molecule has 156 valence electrons. The lowest BCUT2D eigenvalue weighted by atomic mass is 10.1. The zero-order valence-corrected chi connectivity index (χ0v) is 15.5. The summed E-state index contributed by atoms with van der Waals surface area (Å²) in [5, 5.41) is 0. The van der Waals surface area contributed by atoms with Gasteiger partial charge in [0.1, 0.15) is 18.1 Å². The molecule has 1 heterocycles. The van der Waals surface area contributed by atoms with Crippen molar-refractivity contribution in [3.63, 3.8) is 0 Å². The van der Waals surface area contributed by atoms with E-state index in [1.54, 1.807) is 18.2 Å². The van der Waals surface area contributed by atoms with Gasteiger partial charge in [-0.25, -0.2) is 4.39 Å². The molecule has 0 radical (unpaired) electrons. The van der Waals surface area contributed by atoms with Crippen LogP contribution in [0.1, 0.15) is 17.4 Å². The fourth-order valence-electron chi connectivity index (χ4n) is 3.03. The maximum absolute atomic E-state index is 14.0. The number of amides is 1. The number of carbonyl (C=O) groups is 1. The molecule has 10 heteroatoms. The van der Waals surface area contributed by atoms with Crippen molar-refractivity contribution < 1.29 is 41.3 Å². The Hall–Kier alpha value is -3.01. The van der Waals surface area contributed by atoms with E-state index >= 15 is 0 Å². The van der Waals surface area contributed by atoms with Gasteiger partial charge in [-0.05, 0) is 29.8 Å². The van der Waals surface area contributed by atoms with Crippen LogP contribution in [0.25, 0.3) is 0 Å². The first-order chi connectivity index (χ1) is 13.7. The van der Waals surface area contributed by atoms with Crippen LogP contribution >= 0.6 is 0 Å². The van der Waals surface area contributed by atoms with Crippen LogP contribution < -0.4 is 14.2 Å². The minimum absolute atomic E-state index is 0.103. The van der Waals surface area contributed by atoms with Crippen molar-refractivity contribution in [2.75, 3.05) is 20.8 Å². The van der Waals surface area contributed by atoms with Crippen molar-refractivity contribution in [3.05, 3.63) is 53.3 Å². The van der Waals surface area contributed by atoms with E-state index in [-0.39, 0.29) is 24.6 Å². The van der Waals surface area contributed by atoms with Gasteiger partial charge in [0.05, 0.1) is 19.8 Å². The van der Waals surface area contributed by atoms with Crippen molar-refractivity contribution in [3.8, 4) is 17.2 Å². The molecule has 6 nitrogen and oxygen atoms in total. The standard InChI is InChI=1S/C19H17F4NO5/c1-26-14-4-3-5-15(27-2)17(14)18-24(16(25)10-28-18)9-11-6-7-13(12(20)8-11)29-19(21,22)23/h3-8,18H,9-10H2,1-2H3. The zero-order chi connectivity index (χ0) is 21.2. The quantitative estimate of drug-likeness (QED) is 0.672. The number of halogens is 4. The van der Waals surface area contributed by atoms with E-state index in [9.17, 15) is 22.4 Å². The Morgan fingerprint density at radius 2 is 1.76 bits per heavy atom. The lowest BCUT2D eigenvalue weighted by Crippen LogP contribution is -2.28. The highest BCUT2D eigenvalue weighted by Crippen LogP contribution is 2.40. The zero-order valence-electron chi connectivity index (χ0n) is 15.5. The van der Waals surface area contributed by atoms with Crippen LogP contribution in [0.2, 0.25) is 0 Å². The molecule has 3 rings (SSSR count). The average Bonchev–Trinajstić information content (AvgIpc) is 3.02. The number of alkyl halides is 3. The number of nitrogens with zero attached hydrogens (tertiary/aromatic N) is 1. The predicted molar refractivity (Wildman–Crippen MR) is 91.9 cm³/mol. The van der Waals surface area contributed by atoms with Crippen LogP contribution in [0.5, 0.6) is 17.2 Å². The molecule has 2 aromatic rings. The Morgan fingerprint density at radius 3 is 2.31 bits per heavy atom. The second-order valence-electron chi connectivity index (χ2n) is 6.07.